The molecule has 6 heteroatoms. The maximum Gasteiger partial charge on any atom is 0.241 e. The molecule has 20 heavy (non-hydrogen) atoms. The quantitative estimate of drug-likeness (QED) is 0.834. The summed E-state index contributed by atoms with van der Waals surface area (Å²) >= 11 is 1.57. The average Bonchev–Trinajstić information content (AvgIpc) is 2.86. The molecular formula is C14H18N2O2S2. The van der Waals surface area contributed by atoms with Crippen LogP contribution in [0.4, 0.5) is 5.69 Å². The number of rotatable bonds is 5. The Morgan fingerprint density at radius 1 is 1.30 bits per heavy atom. The van der Waals surface area contributed by atoms with Crippen molar-refractivity contribution in [1.29, 1.82) is 0 Å². The van der Waals surface area contributed by atoms with Gasteiger partial charge in [0.05, 0.1) is 4.90 Å². The number of nitrogens with two attached hydrogens (primary N) is 1. The first-order valence-electron chi connectivity index (χ1n) is 6.35. The van der Waals surface area contributed by atoms with Crippen LogP contribution in [0.3, 0.4) is 0 Å². The highest BCUT2D eigenvalue weighted by atomic mass is 32.2. The van der Waals surface area contributed by atoms with E-state index >= 15 is 0 Å². The number of thiophene rings is 1. The molecule has 0 fully saturated rings. The SMILES string of the molecule is CCc1ccsc1CNS(=O)(=O)c1cc(N)ccc1C. The lowest BCUT2D eigenvalue weighted by molar-refractivity contribution is 0.581. The van der Waals surface area contributed by atoms with Gasteiger partial charge in [-0.3, -0.25) is 0 Å². The Hall–Kier alpha value is -1.37. The van der Waals surface area contributed by atoms with E-state index in [0.29, 0.717) is 17.8 Å². The van der Waals surface area contributed by atoms with Crippen molar-refractivity contribution < 1.29 is 8.42 Å². The monoisotopic (exact) mass is 310 g/mol. The summed E-state index contributed by atoms with van der Waals surface area (Å²) in [6.45, 7) is 4.14. The molecule has 0 radical (unpaired) electrons. The maximum atomic E-state index is 12.3. The van der Waals surface area contributed by atoms with Gasteiger partial charge in [-0.25, -0.2) is 13.1 Å². The van der Waals surface area contributed by atoms with Gasteiger partial charge in [0.1, 0.15) is 0 Å². The lowest BCUT2D eigenvalue weighted by Gasteiger charge is -2.10. The van der Waals surface area contributed by atoms with Crippen molar-refractivity contribution in [2.24, 2.45) is 0 Å². The first-order chi connectivity index (χ1) is 9.44. The smallest absolute Gasteiger partial charge is 0.241 e. The molecule has 0 unspecified atom stereocenters. The predicted molar refractivity (Wildman–Crippen MR) is 83.3 cm³/mol. The van der Waals surface area contributed by atoms with Gasteiger partial charge in [0, 0.05) is 17.1 Å². The molecule has 0 spiro atoms. The lowest BCUT2D eigenvalue weighted by Crippen LogP contribution is -2.24. The second-order valence-electron chi connectivity index (χ2n) is 4.57. The normalized spacial score (nSPS) is 11.7. The topological polar surface area (TPSA) is 72.2 Å². The molecule has 0 aliphatic carbocycles. The molecule has 3 N–H and O–H groups in total. The van der Waals surface area contributed by atoms with Crippen LogP contribution in [0.25, 0.3) is 0 Å². The Kier molecular flexibility index (Phi) is 4.47. The molecular weight excluding hydrogens is 292 g/mol. The van der Waals surface area contributed by atoms with Crippen LogP contribution in [-0.4, -0.2) is 8.42 Å². The number of benzene rings is 1. The fraction of sp³-hybridized carbons (Fsp3) is 0.286. The number of hydrogen-bond donors (Lipinski definition) is 2. The second kappa shape index (κ2) is 5.95. The summed E-state index contributed by atoms with van der Waals surface area (Å²) in [5.41, 5.74) is 7.99. The molecule has 1 heterocycles. The summed E-state index contributed by atoms with van der Waals surface area (Å²) in [5, 5.41) is 1.98. The lowest BCUT2D eigenvalue weighted by atomic mass is 10.2. The molecule has 2 aromatic rings. The zero-order valence-electron chi connectivity index (χ0n) is 11.5. The molecule has 4 nitrogen and oxygen atoms in total. The Labute approximate surface area is 123 Å². The summed E-state index contributed by atoms with van der Waals surface area (Å²) in [5.74, 6) is 0. The van der Waals surface area contributed by atoms with Gasteiger partial charge < -0.3 is 5.73 Å². The van der Waals surface area contributed by atoms with E-state index in [1.807, 2.05) is 11.4 Å². The Bertz CT molecular complexity index is 706. The molecule has 1 aromatic heterocycles. The summed E-state index contributed by atoms with van der Waals surface area (Å²) in [6, 6.07) is 6.93. The number of sulfonamides is 1. The van der Waals surface area contributed by atoms with Crippen LogP contribution in [0.15, 0.2) is 34.5 Å². The first kappa shape index (κ1) is 15.0. The molecule has 0 amide bonds. The van der Waals surface area contributed by atoms with Crippen molar-refractivity contribution in [2.45, 2.75) is 31.7 Å². The largest absolute Gasteiger partial charge is 0.399 e. The Morgan fingerprint density at radius 2 is 2.05 bits per heavy atom. The summed E-state index contributed by atoms with van der Waals surface area (Å²) in [4.78, 5) is 1.30. The van der Waals surface area contributed by atoms with E-state index in [-0.39, 0.29) is 4.90 Å². The van der Waals surface area contributed by atoms with Crippen LogP contribution in [0.5, 0.6) is 0 Å². The maximum absolute atomic E-state index is 12.3. The summed E-state index contributed by atoms with van der Waals surface area (Å²) in [6.07, 6.45) is 0.901. The van der Waals surface area contributed by atoms with Gasteiger partial charge in [-0.1, -0.05) is 13.0 Å². The number of hydrogen-bond acceptors (Lipinski definition) is 4. The number of nitrogen functional groups attached to an aromatic ring is 1. The van der Waals surface area contributed by atoms with E-state index in [4.69, 9.17) is 5.73 Å². The van der Waals surface area contributed by atoms with Gasteiger partial charge >= 0.3 is 0 Å². The minimum Gasteiger partial charge on any atom is -0.399 e. The summed E-state index contributed by atoms with van der Waals surface area (Å²) < 4.78 is 27.3. The van der Waals surface area contributed by atoms with Crippen molar-refractivity contribution in [3.63, 3.8) is 0 Å². The van der Waals surface area contributed by atoms with E-state index in [1.165, 1.54) is 11.6 Å². The van der Waals surface area contributed by atoms with Crippen LogP contribution < -0.4 is 10.5 Å². The van der Waals surface area contributed by atoms with E-state index in [2.05, 4.69) is 11.6 Å². The minimum absolute atomic E-state index is 0.243. The Balaban J connectivity index is 2.21. The molecule has 0 atom stereocenters. The number of aryl methyl sites for hydroxylation is 2. The first-order valence-corrected chi connectivity index (χ1v) is 8.71. The van der Waals surface area contributed by atoms with Gasteiger partial charge in [-0.15, -0.1) is 11.3 Å². The highest BCUT2D eigenvalue weighted by Crippen LogP contribution is 2.21. The minimum atomic E-state index is -3.54. The van der Waals surface area contributed by atoms with Crippen LogP contribution >= 0.6 is 11.3 Å². The van der Waals surface area contributed by atoms with Gasteiger partial charge in [-0.2, -0.15) is 0 Å². The van der Waals surface area contributed by atoms with E-state index < -0.39 is 10.0 Å². The van der Waals surface area contributed by atoms with Crippen molar-refractivity contribution in [3.05, 3.63) is 45.6 Å². The van der Waals surface area contributed by atoms with Crippen LogP contribution in [0.1, 0.15) is 22.9 Å². The van der Waals surface area contributed by atoms with Crippen molar-refractivity contribution in [1.82, 2.24) is 4.72 Å². The van der Waals surface area contributed by atoms with Gasteiger partial charge in [0.15, 0.2) is 0 Å². The standard InChI is InChI=1S/C14H18N2O2S2/c1-3-11-6-7-19-13(11)9-16-20(17,18)14-8-12(15)5-4-10(14)2/h4-8,16H,3,9,15H2,1-2H3. The molecule has 1 aromatic carbocycles. The van der Waals surface area contributed by atoms with Gasteiger partial charge in [0.25, 0.3) is 0 Å². The van der Waals surface area contributed by atoms with Crippen LogP contribution in [0.2, 0.25) is 0 Å². The third-order valence-electron chi connectivity index (χ3n) is 3.14. The zero-order valence-corrected chi connectivity index (χ0v) is 13.1. The number of nitrogens with one attached hydrogen (secondary N) is 1. The van der Waals surface area contributed by atoms with E-state index in [1.54, 1.807) is 30.4 Å². The van der Waals surface area contributed by atoms with Crippen molar-refractivity contribution >= 4 is 27.0 Å². The zero-order chi connectivity index (χ0) is 14.8. The highest BCUT2D eigenvalue weighted by molar-refractivity contribution is 7.89. The average molecular weight is 310 g/mol. The van der Waals surface area contributed by atoms with Gasteiger partial charge in [-0.05, 0) is 48.1 Å². The predicted octanol–water partition coefficient (Wildman–Crippen LogP) is 2.68. The summed E-state index contributed by atoms with van der Waals surface area (Å²) in [7, 11) is -3.54. The molecule has 0 saturated heterocycles. The van der Waals surface area contributed by atoms with E-state index in [9.17, 15) is 8.42 Å². The number of anilines is 1. The van der Waals surface area contributed by atoms with Crippen molar-refractivity contribution in [2.75, 3.05) is 5.73 Å². The molecule has 0 saturated carbocycles. The second-order valence-corrected chi connectivity index (χ2v) is 7.31. The molecule has 2 rings (SSSR count). The molecule has 0 bridgehead atoms. The fourth-order valence-corrected chi connectivity index (χ4v) is 4.26. The molecule has 0 aliphatic rings. The molecule has 108 valence electrons. The molecule has 0 aliphatic heterocycles. The van der Waals surface area contributed by atoms with E-state index in [0.717, 1.165) is 11.3 Å². The third kappa shape index (κ3) is 3.20. The Morgan fingerprint density at radius 3 is 2.75 bits per heavy atom. The third-order valence-corrected chi connectivity index (χ3v) is 5.65. The fourth-order valence-electron chi connectivity index (χ4n) is 1.98. The van der Waals surface area contributed by atoms with Crippen molar-refractivity contribution in [3.8, 4) is 0 Å². The van der Waals surface area contributed by atoms with Crippen LogP contribution in [0, 0.1) is 6.92 Å². The highest BCUT2D eigenvalue weighted by Gasteiger charge is 2.17. The van der Waals surface area contributed by atoms with Crippen LogP contribution in [-0.2, 0) is 23.0 Å². The van der Waals surface area contributed by atoms with Gasteiger partial charge in [0.2, 0.25) is 10.0 Å².